The number of hydrogen-bond donors (Lipinski definition) is 2. The highest BCUT2D eigenvalue weighted by Gasteiger charge is 2.06. The molecule has 0 unspecified atom stereocenters. The Morgan fingerprint density at radius 3 is 2.50 bits per heavy atom. The van der Waals surface area contributed by atoms with Gasteiger partial charge in [0.15, 0.2) is 0 Å². The molecular weight excluding hydrogens is 222 g/mol. The Morgan fingerprint density at radius 2 is 2.00 bits per heavy atom. The van der Waals surface area contributed by atoms with Gasteiger partial charge in [0.05, 0.1) is 0 Å². The molecule has 1 amide bonds. The molecule has 16 heavy (non-hydrogen) atoms. The highest BCUT2D eigenvalue weighted by Crippen LogP contribution is 2.16. The normalized spacial score (nSPS) is 10.5. The van der Waals surface area contributed by atoms with E-state index in [-0.39, 0.29) is 18.4 Å². The largest absolute Gasteiger partial charge is 0.396 e. The van der Waals surface area contributed by atoms with Crippen molar-refractivity contribution in [3.05, 3.63) is 29.8 Å². The Morgan fingerprint density at radius 1 is 1.38 bits per heavy atom. The van der Waals surface area contributed by atoms with Gasteiger partial charge in [0, 0.05) is 17.4 Å². The van der Waals surface area contributed by atoms with Crippen molar-refractivity contribution in [2.24, 2.45) is 5.92 Å². The number of rotatable bonds is 5. The van der Waals surface area contributed by atoms with Crippen LogP contribution in [0.2, 0.25) is 0 Å². The molecule has 0 heterocycles. The molecule has 0 aliphatic heterocycles. The van der Waals surface area contributed by atoms with Gasteiger partial charge in [-0.3, -0.25) is 9.52 Å². The van der Waals surface area contributed by atoms with Gasteiger partial charge < -0.3 is 5.11 Å². The molecule has 0 aliphatic carbocycles. The molecule has 0 saturated heterocycles. The summed E-state index contributed by atoms with van der Waals surface area (Å²) in [7, 11) is 0. The van der Waals surface area contributed by atoms with Gasteiger partial charge in [-0.15, -0.1) is 0 Å². The summed E-state index contributed by atoms with van der Waals surface area (Å²) in [6, 6.07) is 7.80. The van der Waals surface area contributed by atoms with E-state index in [1.165, 1.54) is 11.9 Å². The lowest BCUT2D eigenvalue weighted by Crippen LogP contribution is -2.21. The molecule has 0 spiro atoms. The first-order valence-corrected chi connectivity index (χ1v) is 6.11. The van der Waals surface area contributed by atoms with Crippen LogP contribution in [0.1, 0.15) is 19.4 Å². The highest BCUT2D eigenvalue weighted by molar-refractivity contribution is 7.98. The van der Waals surface area contributed by atoms with Gasteiger partial charge in [-0.2, -0.15) is 0 Å². The number of benzene rings is 1. The minimum atomic E-state index is 0.00108. The number of aliphatic hydroxyl groups excluding tert-OH is 1. The standard InChI is InChI=1S/C12H17NO2S/c1-9(2)12(15)13-16-11-5-3-10(4-6-11)7-8-14/h3-6,9,14H,7-8H2,1-2H3,(H,13,15). The smallest absolute Gasteiger partial charge is 0.232 e. The summed E-state index contributed by atoms with van der Waals surface area (Å²) in [5, 5.41) is 8.76. The van der Waals surface area contributed by atoms with Crippen LogP contribution >= 0.6 is 11.9 Å². The van der Waals surface area contributed by atoms with Crippen molar-refractivity contribution in [1.29, 1.82) is 0 Å². The van der Waals surface area contributed by atoms with E-state index in [0.717, 1.165) is 10.5 Å². The Kier molecular flexibility index (Phi) is 5.35. The summed E-state index contributed by atoms with van der Waals surface area (Å²) in [5.41, 5.74) is 1.10. The second-order valence-electron chi connectivity index (χ2n) is 3.84. The van der Waals surface area contributed by atoms with Crippen LogP contribution < -0.4 is 4.72 Å². The number of hydrogen-bond acceptors (Lipinski definition) is 3. The van der Waals surface area contributed by atoms with Crippen LogP contribution in [0.3, 0.4) is 0 Å². The summed E-state index contributed by atoms with van der Waals surface area (Å²) in [6.07, 6.45) is 0.670. The van der Waals surface area contributed by atoms with Gasteiger partial charge in [-0.1, -0.05) is 26.0 Å². The van der Waals surface area contributed by atoms with E-state index in [0.29, 0.717) is 6.42 Å². The zero-order valence-corrected chi connectivity index (χ0v) is 10.4. The van der Waals surface area contributed by atoms with Crippen LogP contribution in [0, 0.1) is 5.92 Å². The van der Waals surface area contributed by atoms with Crippen LogP contribution in [0.5, 0.6) is 0 Å². The maximum Gasteiger partial charge on any atom is 0.232 e. The molecular formula is C12H17NO2S. The van der Waals surface area contributed by atoms with E-state index in [2.05, 4.69) is 4.72 Å². The summed E-state index contributed by atoms with van der Waals surface area (Å²) >= 11 is 1.32. The van der Waals surface area contributed by atoms with Gasteiger partial charge in [0.1, 0.15) is 0 Å². The van der Waals surface area contributed by atoms with Gasteiger partial charge in [0.2, 0.25) is 5.91 Å². The second kappa shape index (κ2) is 6.55. The number of carbonyl (C=O) groups is 1. The van der Waals surface area contributed by atoms with E-state index in [1.54, 1.807) is 0 Å². The minimum Gasteiger partial charge on any atom is -0.396 e. The second-order valence-corrected chi connectivity index (χ2v) is 4.72. The topological polar surface area (TPSA) is 49.3 Å². The van der Waals surface area contributed by atoms with E-state index < -0.39 is 0 Å². The zero-order valence-electron chi connectivity index (χ0n) is 9.56. The first kappa shape index (κ1) is 13.1. The van der Waals surface area contributed by atoms with Gasteiger partial charge in [0.25, 0.3) is 0 Å². The van der Waals surface area contributed by atoms with Crippen molar-refractivity contribution in [2.45, 2.75) is 25.2 Å². The number of aliphatic hydroxyl groups is 1. The van der Waals surface area contributed by atoms with Crippen molar-refractivity contribution in [1.82, 2.24) is 4.72 Å². The molecule has 1 aromatic rings. The van der Waals surface area contributed by atoms with E-state index in [1.807, 2.05) is 38.1 Å². The van der Waals surface area contributed by atoms with Crippen molar-refractivity contribution in [3.8, 4) is 0 Å². The molecule has 0 atom stereocenters. The van der Waals surface area contributed by atoms with Gasteiger partial charge in [-0.25, -0.2) is 0 Å². The van der Waals surface area contributed by atoms with Crippen molar-refractivity contribution in [3.63, 3.8) is 0 Å². The first-order valence-electron chi connectivity index (χ1n) is 5.30. The van der Waals surface area contributed by atoms with Crippen LogP contribution in [0.4, 0.5) is 0 Å². The quantitative estimate of drug-likeness (QED) is 0.773. The first-order chi connectivity index (χ1) is 7.63. The van der Waals surface area contributed by atoms with Gasteiger partial charge in [-0.05, 0) is 36.1 Å². The van der Waals surface area contributed by atoms with E-state index >= 15 is 0 Å². The van der Waals surface area contributed by atoms with Crippen molar-refractivity contribution >= 4 is 17.9 Å². The SMILES string of the molecule is CC(C)C(=O)NSc1ccc(CCO)cc1. The molecule has 88 valence electrons. The highest BCUT2D eigenvalue weighted by atomic mass is 32.2. The molecule has 1 rings (SSSR count). The average Bonchev–Trinajstić information content (AvgIpc) is 2.28. The third kappa shape index (κ3) is 4.24. The summed E-state index contributed by atoms with van der Waals surface area (Å²) < 4.78 is 2.78. The molecule has 4 heteroatoms. The average molecular weight is 239 g/mol. The van der Waals surface area contributed by atoms with Crippen LogP contribution in [-0.2, 0) is 11.2 Å². The number of amides is 1. The third-order valence-corrected chi connectivity index (χ3v) is 2.93. The third-order valence-electron chi connectivity index (χ3n) is 2.12. The molecule has 3 nitrogen and oxygen atoms in total. The molecule has 0 radical (unpaired) electrons. The van der Waals surface area contributed by atoms with Crippen LogP contribution in [0.25, 0.3) is 0 Å². The lowest BCUT2D eigenvalue weighted by atomic mass is 10.2. The summed E-state index contributed by atoms with van der Waals surface area (Å²) in [5.74, 6) is 0.0330. The lowest BCUT2D eigenvalue weighted by molar-refractivity contribution is -0.122. The maximum absolute atomic E-state index is 11.3. The molecule has 0 bridgehead atoms. The lowest BCUT2D eigenvalue weighted by Gasteiger charge is -2.06. The maximum atomic E-state index is 11.3. The molecule has 0 saturated carbocycles. The van der Waals surface area contributed by atoms with E-state index in [9.17, 15) is 4.79 Å². The van der Waals surface area contributed by atoms with Crippen molar-refractivity contribution < 1.29 is 9.90 Å². The van der Waals surface area contributed by atoms with Crippen LogP contribution in [0.15, 0.2) is 29.2 Å². The summed E-state index contributed by atoms with van der Waals surface area (Å²) in [4.78, 5) is 12.3. The fourth-order valence-electron chi connectivity index (χ4n) is 1.08. The molecule has 2 N–H and O–H groups in total. The van der Waals surface area contributed by atoms with Gasteiger partial charge >= 0.3 is 0 Å². The zero-order chi connectivity index (χ0) is 12.0. The van der Waals surface area contributed by atoms with Crippen LogP contribution in [-0.4, -0.2) is 17.6 Å². The Labute approximate surface area is 100 Å². The number of nitrogens with one attached hydrogen (secondary N) is 1. The predicted octanol–water partition coefficient (Wildman–Crippen LogP) is 2.00. The monoisotopic (exact) mass is 239 g/mol. The molecule has 0 fully saturated rings. The number of carbonyl (C=O) groups excluding carboxylic acids is 1. The Hall–Kier alpha value is -1.00. The molecule has 0 aliphatic rings. The predicted molar refractivity (Wildman–Crippen MR) is 66.1 cm³/mol. The Bertz CT molecular complexity index is 335. The Balaban J connectivity index is 2.46. The van der Waals surface area contributed by atoms with Crippen molar-refractivity contribution in [2.75, 3.05) is 6.61 Å². The molecule has 1 aromatic carbocycles. The van der Waals surface area contributed by atoms with E-state index in [4.69, 9.17) is 5.11 Å². The fraction of sp³-hybridized carbons (Fsp3) is 0.417. The summed E-state index contributed by atoms with van der Waals surface area (Å²) in [6.45, 7) is 3.89. The minimum absolute atomic E-state index is 0.00108. The fourth-order valence-corrected chi connectivity index (χ4v) is 1.81. The molecule has 0 aromatic heterocycles.